The van der Waals surface area contributed by atoms with E-state index in [0.29, 0.717) is 6.42 Å². The van der Waals surface area contributed by atoms with E-state index in [9.17, 15) is 4.79 Å². The van der Waals surface area contributed by atoms with Crippen LogP contribution in [0.5, 0.6) is 0 Å². The van der Waals surface area contributed by atoms with Crippen molar-refractivity contribution in [3.8, 4) is 5.69 Å². The number of aromatic nitrogens is 4. The Bertz CT molecular complexity index is 1360. The highest BCUT2D eigenvalue weighted by atomic mass is 32.1. The van der Waals surface area contributed by atoms with Gasteiger partial charge in [0.25, 0.3) is 0 Å². The standard InChI is InChI=1S/C27H25N5OS/c1-19(20-12-14-22(15-13-20)32-18-28-17-29-32)30-26(33)27(2,21-8-4-3-5-9-21)16-25-31-23-10-6-7-11-24(23)34-25/h3-15,17-19H,16H2,1-2H3,(H,30,33). The van der Waals surface area contributed by atoms with E-state index in [2.05, 4.69) is 21.5 Å². The zero-order valence-electron chi connectivity index (χ0n) is 19.1. The lowest BCUT2D eigenvalue weighted by Gasteiger charge is -2.30. The maximum absolute atomic E-state index is 13.8. The molecule has 5 aromatic rings. The van der Waals surface area contributed by atoms with Crippen LogP contribution in [-0.2, 0) is 16.6 Å². The third-order valence-corrected chi connectivity index (χ3v) is 7.22. The molecule has 2 heterocycles. The molecule has 7 heteroatoms. The van der Waals surface area contributed by atoms with Gasteiger partial charge in [-0.25, -0.2) is 14.6 Å². The van der Waals surface area contributed by atoms with Gasteiger partial charge in [-0.05, 0) is 49.2 Å². The lowest BCUT2D eigenvalue weighted by molar-refractivity contribution is -0.126. The number of hydrogen-bond acceptors (Lipinski definition) is 5. The van der Waals surface area contributed by atoms with E-state index in [1.165, 1.54) is 6.33 Å². The summed E-state index contributed by atoms with van der Waals surface area (Å²) < 4.78 is 2.84. The van der Waals surface area contributed by atoms with Gasteiger partial charge in [-0.1, -0.05) is 54.6 Å². The van der Waals surface area contributed by atoms with Crippen molar-refractivity contribution < 1.29 is 4.79 Å². The van der Waals surface area contributed by atoms with Crippen molar-refractivity contribution in [2.75, 3.05) is 0 Å². The van der Waals surface area contributed by atoms with Gasteiger partial charge in [0, 0.05) is 6.42 Å². The van der Waals surface area contributed by atoms with Gasteiger partial charge in [-0.2, -0.15) is 5.10 Å². The number of hydrogen-bond donors (Lipinski definition) is 1. The fourth-order valence-electron chi connectivity index (χ4n) is 4.11. The molecule has 0 spiro atoms. The molecule has 3 aromatic carbocycles. The van der Waals surface area contributed by atoms with Crippen LogP contribution in [0.25, 0.3) is 15.9 Å². The summed E-state index contributed by atoms with van der Waals surface area (Å²) in [7, 11) is 0. The highest BCUT2D eigenvalue weighted by Crippen LogP contribution is 2.33. The van der Waals surface area contributed by atoms with Crippen molar-refractivity contribution in [1.29, 1.82) is 0 Å². The van der Waals surface area contributed by atoms with Gasteiger partial charge >= 0.3 is 0 Å². The summed E-state index contributed by atoms with van der Waals surface area (Å²) in [6.07, 6.45) is 3.69. The van der Waals surface area contributed by atoms with E-state index in [4.69, 9.17) is 4.98 Å². The molecule has 6 nitrogen and oxygen atoms in total. The number of thiazole rings is 1. The van der Waals surface area contributed by atoms with Gasteiger partial charge in [0.15, 0.2) is 0 Å². The number of rotatable bonds is 7. The lowest BCUT2D eigenvalue weighted by Crippen LogP contribution is -2.44. The quantitative estimate of drug-likeness (QED) is 0.355. The molecular formula is C27H25N5OS. The van der Waals surface area contributed by atoms with Crippen molar-refractivity contribution in [2.45, 2.75) is 31.7 Å². The minimum atomic E-state index is -0.760. The van der Waals surface area contributed by atoms with E-state index in [-0.39, 0.29) is 11.9 Å². The zero-order valence-corrected chi connectivity index (χ0v) is 19.9. The molecule has 0 aliphatic heterocycles. The van der Waals surface area contributed by atoms with Crippen LogP contribution in [-0.4, -0.2) is 25.7 Å². The molecule has 2 unspecified atom stereocenters. The highest BCUT2D eigenvalue weighted by molar-refractivity contribution is 7.18. The molecule has 170 valence electrons. The number of carbonyl (C=O) groups is 1. The van der Waals surface area contributed by atoms with Crippen LogP contribution in [0.2, 0.25) is 0 Å². The van der Waals surface area contributed by atoms with Crippen molar-refractivity contribution in [3.63, 3.8) is 0 Å². The first kappa shape index (κ1) is 22.0. The van der Waals surface area contributed by atoms with Crippen LogP contribution in [0.3, 0.4) is 0 Å². The summed E-state index contributed by atoms with van der Waals surface area (Å²) in [5, 5.41) is 8.36. The number of para-hydroxylation sites is 1. The number of amides is 1. The predicted molar refractivity (Wildman–Crippen MR) is 135 cm³/mol. The minimum Gasteiger partial charge on any atom is -0.349 e. The molecule has 1 amide bonds. The van der Waals surface area contributed by atoms with E-state index in [0.717, 1.165) is 32.0 Å². The van der Waals surface area contributed by atoms with Crippen LogP contribution in [0.1, 0.15) is 36.0 Å². The van der Waals surface area contributed by atoms with E-state index < -0.39 is 5.41 Å². The molecule has 0 aliphatic rings. The Balaban J connectivity index is 1.40. The molecule has 0 aliphatic carbocycles. The second-order valence-electron chi connectivity index (χ2n) is 8.58. The molecule has 5 rings (SSSR count). The molecule has 0 fully saturated rings. The summed E-state index contributed by atoms with van der Waals surface area (Å²) in [6.45, 7) is 4.01. The molecular weight excluding hydrogens is 442 g/mol. The zero-order chi connectivity index (χ0) is 23.5. The van der Waals surface area contributed by atoms with Gasteiger partial charge < -0.3 is 5.32 Å². The van der Waals surface area contributed by atoms with Gasteiger partial charge in [0.2, 0.25) is 5.91 Å². The van der Waals surface area contributed by atoms with Gasteiger partial charge in [-0.15, -0.1) is 11.3 Å². The van der Waals surface area contributed by atoms with Crippen LogP contribution < -0.4 is 5.32 Å². The van der Waals surface area contributed by atoms with E-state index >= 15 is 0 Å². The molecule has 0 saturated heterocycles. The average molecular weight is 468 g/mol. The average Bonchev–Trinajstić information content (AvgIpc) is 3.54. The molecule has 0 saturated carbocycles. The Hall–Kier alpha value is -3.84. The summed E-state index contributed by atoms with van der Waals surface area (Å²) in [4.78, 5) is 22.6. The topological polar surface area (TPSA) is 72.7 Å². The summed E-state index contributed by atoms with van der Waals surface area (Å²) in [6, 6.07) is 25.9. The second kappa shape index (κ2) is 9.19. The Labute approximate surface area is 202 Å². The monoisotopic (exact) mass is 467 g/mol. The van der Waals surface area contributed by atoms with E-state index in [1.807, 2.05) is 86.6 Å². The number of nitrogens with one attached hydrogen (secondary N) is 1. The summed E-state index contributed by atoms with van der Waals surface area (Å²) in [5.74, 6) is -0.0224. The minimum absolute atomic E-state index is 0.0224. The molecule has 1 N–H and O–H groups in total. The molecule has 2 aromatic heterocycles. The van der Waals surface area contributed by atoms with Gasteiger partial charge in [0.05, 0.1) is 32.4 Å². The summed E-state index contributed by atoms with van der Waals surface area (Å²) >= 11 is 1.65. The van der Waals surface area contributed by atoms with Gasteiger partial charge in [0.1, 0.15) is 12.7 Å². The molecule has 2 atom stereocenters. The fourth-order valence-corrected chi connectivity index (χ4v) is 5.24. The van der Waals surface area contributed by atoms with Crippen LogP contribution in [0, 0.1) is 0 Å². The van der Waals surface area contributed by atoms with Crippen LogP contribution >= 0.6 is 11.3 Å². The number of nitrogens with zero attached hydrogens (tertiary/aromatic N) is 4. The van der Waals surface area contributed by atoms with Crippen molar-refractivity contribution in [2.24, 2.45) is 0 Å². The maximum Gasteiger partial charge on any atom is 0.231 e. The molecule has 34 heavy (non-hydrogen) atoms. The Morgan fingerprint density at radius 3 is 2.47 bits per heavy atom. The second-order valence-corrected chi connectivity index (χ2v) is 9.69. The molecule has 0 bridgehead atoms. The predicted octanol–water partition coefficient (Wildman–Crippen LogP) is 5.25. The van der Waals surface area contributed by atoms with Crippen molar-refractivity contribution in [1.82, 2.24) is 25.1 Å². The fraction of sp³-hybridized carbons (Fsp3) is 0.185. The highest BCUT2D eigenvalue weighted by Gasteiger charge is 2.37. The van der Waals surface area contributed by atoms with Crippen molar-refractivity contribution in [3.05, 3.63) is 108 Å². The smallest absolute Gasteiger partial charge is 0.231 e. The normalized spacial score (nSPS) is 13.9. The first-order valence-electron chi connectivity index (χ1n) is 11.2. The third-order valence-electron chi connectivity index (χ3n) is 6.18. The molecule has 0 radical (unpaired) electrons. The van der Waals surface area contributed by atoms with Gasteiger partial charge in [-0.3, -0.25) is 4.79 Å². The Morgan fingerprint density at radius 2 is 1.76 bits per heavy atom. The first-order chi connectivity index (χ1) is 16.5. The SMILES string of the molecule is CC(NC(=O)C(C)(Cc1nc2ccccc2s1)c1ccccc1)c1ccc(-n2cncn2)cc1. The van der Waals surface area contributed by atoms with E-state index in [1.54, 1.807) is 22.3 Å². The maximum atomic E-state index is 13.8. The first-order valence-corrected chi connectivity index (χ1v) is 12.0. The number of benzene rings is 3. The van der Waals surface area contributed by atoms with Crippen LogP contribution in [0.15, 0.2) is 91.5 Å². The number of fused-ring (bicyclic) bond motifs is 1. The third kappa shape index (κ3) is 4.34. The Morgan fingerprint density at radius 1 is 1.03 bits per heavy atom. The van der Waals surface area contributed by atoms with Crippen molar-refractivity contribution >= 4 is 27.5 Å². The lowest BCUT2D eigenvalue weighted by atomic mass is 9.78. The number of carbonyl (C=O) groups excluding carboxylic acids is 1. The largest absolute Gasteiger partial charge is 0.349 e. The Kier molecular flexibility index (Phi) is 5.94. The summed E-state index contributed by atoms with van der Waals surface area (Å²) in [5.41, 5.74) is 3.13. The van der Waals surface area contributed by atoms with Crippen LogP contribution in [0.4, 0.5) is 0 Å².